The van der Waals surface area contributed by atoms with Gasteiger partial charge in [-0.1, -0.05) is 17.7 Å². The first kappa shape index (κ1) is 19.2. The maximum Gasteiger partial charge on any atom is 0.247 e. The monoisotopic (exact) mass is 389 g/mol. The topological polar surface area (TPSA) is 38.8 Å². The van der Waals surface area contributed by atoms with Gasteiger partial charge in [-0.25, -0.2) is 4.39 Å². The van der Waals surface area contributed by atoms with Gasteiger partial charge in [0.05, 0.1) is 25.3 Å². The SMILES string of the molecule is COc1ccc(C2CCCN2C(=O)/C=C/c2c(F)cccc2Cl)c(OC)c1. The van der Waals surface area contributed by atoms with Crippen LogP contribution in [0.25, 0.3) is 6.08 Å². The summed E-state index contributed by atoms with van der Waals surface area (Å²) in [5, 5.41) is 0.272. The molecule has 1 heterocycles. The van der Waals surface area contributed by atoms with E-state index < -0.39 is 5.82 Å². The number of likely N-dealkylation sites (tertiary alicyclic amines) is 1. The van der Waals surface area contributed by atoms with Gasteiger partial charge in [-0.15, -0.1) is 0 Å². The van der Waals surface area contributed by atoms with Crippen LogP contribution in [0.1, 0.15) is 30.0 Å². The van der Waals surface area contributed by atoms with Crippen molar-refractivity contribution in [2.45, 2.75) is 18.9 Å². The third kappa shape index (κ3) is 4.08. The summed E-state index contributed by atoms with van der Waals surface area (Å²) in [6.07, 6.45) is 4.53. The zero-order valence-corrected chi connectivity index (χ0v) is 16.0. The highest BCUT2D eigenvalue weighted by Crippen LogP contribution is 2.38. The van der Waals surface area contributed by atoms with Crippen LogP contribution in [0.5, 0.6) is 11.5 Å². The lowest BCUT2D eigenvalue weighted by Crippen LogP contribution is -2.29. The minimum atomic E-state index is -0.457. The zero-order chi connectivity index (χ0) is 19.4. The maximum absolute atomic E-state index is 13.9. The van der Waals surface area contributed by atoms with Crippen LogP contribution in [0, 0.1) is 5.82 Å². The molecule has 0 radical (unpaired) electrons. The average Bonchev–Trinajstić information content (AvgIpc) is 3.16. The second-order valence-electron chi connectivity index (χ2n) is 6.27. The lowest BCUT2D eigenvalue weighted by Gasteiger charge is -2.25. The molecule has 0 bridgehead atoms. The number of ether oxygens (including phenoxy) is 2. The predicted molar refractivity (Wildman–Crippen MR) is 104 cm³/mol. The molecular weight excluding hydrogens is 369 g/mol. The van der Waals surface area contributed by atoms with Gasteiger partial charge in [0, 0.05) is 29.8 Å². The molecule has 1 fully saturated rings. The van der Waals surface area contributed by atoms with E-state index >= 15 is 0 Å². The number of hydrogen-bond donors (Lipinski definition) is 0. The largest absolute Gasteiger partial charge is 0.497 e. The molecule has 1 unspecified atom stereocenters. The van der Waals surface area contributed by atoms with Gasteiger partial charge in [0.25, 0.3) is 0 Å². The first-order valence-corrected chi connectivity index (χ1v) is 9.07. The highest BCUT2D eigenvalue weighted by atomic mass is 35.5. The Morgan fingerprint density at radius 1 is 1.26 bits per heavy atom. The van der Waals surface area contributed by atoms with Gasteiger partial charge < -0.3 is 14.4 Å². The Morgan fingerprint density at radius 3 is 2.78 bits per heavy atom. The summed E-state index contributed by atoms with van der Waals surface area (Å²) in [4.78, 5) is 14.5. The van der Waals surface area contributed by atoms with Crippen LogP contribution in [0.4, 0.5) is 4.39 Å². The van der Waals surface area contributed by atoms with Crippen molar-refractivity contribution >= 4 is 23.6 Å². The van der Waals surface area contributed by atoms with Crippen LogP contribution in [-0.4, -0.2) is 31.6 Å². The molecule has 27 heavy (non-hydrogen) atoms. The minimum absolute atomic E-state index is 0.0981. The average molecular weight is 390 g/mol. The Bertz CT molecular complexity index is 848. The van der Waals surface area contributed by atoms with Gasteiger partial charge in [-0.2, -0.15) is 0 Å². The van der Waals surface area contributed by atoms with Crippen molar-refractivity contribution in [3.8, 4) is 11.5 Å². The molecule has 0 N–H and O–H groups in total. The summed E-state index contributed by atoms with van der Waals surface area (Å²) in [6.45, 7) is 0.633. The molecule has 1 aliphatic heterocycles. The van der Waals surface area contributed by atoms with Gasteiger partial charge in [-0.05, 0) is 43.2 Å². The van der Waals surface area contributed by atoms with E-state index in [4.69, 9.17) is 21.1 Å². The van der Waals surface area contributed by atoms with Crippen molar-refractivity contribution in [2.24, 2.45) is 0 Å². The van der Waals surface area contributed by atoms with Crippen molar-refractivity contribution in [2.75, 3.05) is 20.8 Å². The summed E-state index contributed by atoms with van der Waals surface area (Å²) in [7, 11) is 3.19. The van der Waals surface area contributed by atoms with E-state index in [9.17, 15) is 9.18 Å². The highest BCUT2D eigenvalue weighted by Gasteiger charge is 2.31. The van der Waals surface area contributed by atoms with Crippen LogP contribution in [0.2, 0.25) is 5.02 Å². The zero-order valence-electron chi connectivity index (χ0n) is 15.2. The number of carbonyl (C=O) groups is 1. The smallest absolute Gasteiger partial charge is 0.247 e. The maximum atomic E-state index is 13.9. The predicted octanol–water partition coefficient (Wildman–Crippen LogP) is 4.87. The molecule has 2 aromatic carbocycles. The Balaban J connectivity index is 1.84. The summed E-state index contributed by atoms with van der Waals surface area (Å²) < 4.78 is 24.6. The summed E-state index contributed by atoms with van der Waals surface area (Å²) in [5.74, 6) is 0.733. The van der Waals surface area contributed by atoms with Crippen molar-refractivity contribution in [3.63, 3.8) is 0 Å². The van der Waals surface area contributed by atoms with E-state index in [1.165, 1.54) is 24.3 Å². The third-order valence-corrected chi connectivity index (χ3v) is 5.06. The summed E-state index contributed by atoms with van der Waals surface area (Å²) in [5.41, 5.74) is 1.15. The molecule has 0 aromatic heterocycles. The molecule has 3 rings (SSSR count). The van der Waals surface area contributed by atoms with Crippen molar-refractivity contribution in [1.29, 1.82) is 0 Å². The Labute approximate surface area is 163 Å². The second-order valence-corrected chi connectivity index (χ2v) is 6.67. The van der Waals surface area contributed by atoms with Crippen LogP contribution < -0.4 is 9.47 Å². The molecule has 0 saturated carbocycles. The standard InChI is InChI=1S/C21H21ClFNO3/c1-26-14-8-9-16(20(13-14)27-2)19-7-4-12-24(19)21(25)11-10-15-17(22)5-3-6-18(15)23/h3,5-6,8-11,13,19H,4,7,12H2,1-2H3/b11-10+. The van der Waals surface area contributed by atoms with E-state index in [2.05, 4.69) is 0 Å². The van der Waals surface area contributed by atoms with Gasteiger partial charge in [0.15, 0.2) is 0 Å². The molecule has 4 nitrogen and oxygen atoms in total. The first-order valence-electron chi connectivity index (χ1n) is 8.69. The molecule has 2 aromatic rings. The van der Waals surface area contributed by atoms with Crippen molar-refractivity contribution in [3.05, 3.63) is 64.4 Å². The molecule has 1 saturated heterocycles. The minimum Gasteiger partial charge on any atom is -0.497 e. The highest BCUT2D eigenvalue weighted by molar-refractivity contribution is 6.32. The number of carbonyl (C=O) groups excluding carboxylic acids is 1. The van der Waals surface area contributed by atoms with E-state index in [1.54, 1.807) is 25.2 Å². The van der Waals surface area contributed by atoms with E-state index in [1.807, 2.05) is 18.2 Å². The fourth-order valence-electron chi connectivity index (χ4n) is 3.37. The van der Waals surface area contributed by atoms with Crippen molar-refractivity contribution in [1.82, 2.24) is 4.90 Å². The van der Waals surface area contributed by atoms with Gasteiger partial charge >= 0.3 is 0 Å². The number of rotatable bonds is 5. The van der Waals surface area contributed by atoms with Gasteiger partial charge in [-0.3, -0.25) is 4.79 Å². The van der Waals surface area contributed by atoms with Crippen molar-refractivity contribution < 1.29 is 18.7 Å². The molecule has 142 valence electrons. The number of amides is 1. The van der Waals surface area contributed by atoms with Crippen LogP contribution >= 0.6 is 11.6 Å². The molecule has 0 spiro atoms. The quantitative estimate of drug-likeness (QED) is 0.684. The molecule has 1 aliphatic rings. The molecule has 1 atom stereocenters. The number of methoxy groups -OCH3 is 2. The fourth-order valence-corrected chi connectivity index (χ4v) is 3.59. The Hall–Kier alpha value is -2.53. The van der Waals surface area contributed by atoms with E-state index in [0.29, 0.717) is 18.0 Å². The van der Waals surface area contributed by atoms with Crippen LogP contribution in [0.15, 0.2) is 42.5 Å². The third-order valence-electron chi connectivity index (χ3n) is 4.73. The molecular formula is C21H21ClFNO3. The van der Waals surface area contributed by atoms with E-state index in [-0.39, 0.29) is 22.5 Å². The normalized spacial score (nSPS) is 16.7. The Kier molecular flexibility index (Phi) is 6.01. The molecule has 6 heteroatoms. The van der Waals surface area contributed by atoms with Crippen LogP contribution in [0.3, 0.4) is 0 Å². The first-order chi connectivity index (χ1) is 13.0. The number of nitrogens with zero attached hydrogens (tertiary/aromatic N) is 1. The summed E-state index contributed by atoms with van der Waals surface area (Å²) >= 11 is 6.02. The fraction of sp³-hybridized carbons (Fsp3) is 0.286. The van der Waals surface area contributed by atoms with Gasteiger partial charge in [0.2, 0.25) is 5.91 Å². The lowest BCUT2D eigenvalue weighted by molar-refractivity contribution is -0.126. The lowest BCUT2D eigenvalue weighted by atomic mass is 10.0. The Morgan fingerprint density at radius 2 is 2.07 bits per heavy atom. The number of hydrogen-bond acceptors (Lipinski definition) is 3. The number of benzene rings is 2. The van der Waals surface area contributed by atoms with E-state index in [0.717, 1.165) is 18.4 Å². The molecule has 0 aliphatic carbocycles. The molecule has 1 amide bonds. The van der Waals surface area contributed by atoms with Crippen LogP contribution in [-0.2, 0) is 4.79 Å². The van der Waals surface area contributed by atoms with Gasteiger partial charge in [0.1, 0.15) is 17.3 Å². The summed E-state index contributed by atoms with van der Waals surface area (Å²) in [6, 6.07) is 9.93. The second kappa shape index (κ2) is 8.44. The number of halogens is 2.